The van der Waals surface area contributed by atoms with Crippen LogP contribution in [0.1, 0.15) is 43.1 Å². The third kappa shape index (κ3) is 2.91. The third-order valence-electron chi connectivity index (χ3n) is 3.86. The highest BCUT2D eigenvalue weighted by Gasteiger charge is 2.47. The molecular formula is C16H20FNO3. The van der Waals surface area contributed by atoms with Gasteiger partial charge in [0.2, 0.25) is 5.67 Å². The van der Waals surface area contributed by atoms with E-state index >= 15 is 0 Å². The van der Waals surface area contributed by atoms with Crippen LogP contribution in [0.5, 0.6) is 0 Å². The molecule has 1 aromatic rings. The summed E-state index contributed by atoms with van der Waals surface area (Å²) in [4.78, 5) is 24.8. The van der Waals surface area contributed by atoms with Crippen LogP contribution in [0.4, 0.5) is 4.39 Å². The van der Waals surface area contributed by atoms with Crippen molar-refractivity contribution in [3.63, 3.8) is 0 Å². The Morgan fingerprint density at radius 1 is 1.29 bits per heavy atom. The smallest absolute Gasteiger partial charge is 0.343 e. The molecule has 21 heavy (non-hydrogen) atoms. The van der Waals surface area contributed by atoms with Gasteiger partial charge in [-0.15, -0.1) is 0 Å². The molecule has 0 spiro atoms. The molecule has 1 aromatic carbocycles. The first-order valence-corrected chi connectivity index (χ1v) is 6.96. The van der Waals surface area contributed by atoms with E-state index in [1.165, 1.54) is 4.90 Å². The van der Waals surface area contributed by atoms with Gasteiger partial charge >= 0.3 is 5.97 Å². The lowest BCUT2D eigenvalue weighted by Gasteiger charge is -2.25. The molecule has 1 saturated heterocycles. The van der Waals surface area contributed by atoms with E-state index in [4.69, 9.17) is 5.11 Å². The third-order valence-corrected chi connectivity index (χ3v) is 3.86. The topological polar surface area (TPSA) is 57.6 Å². The van der Waals surface area contributed by atoms with Gasteiger partial charge in [0, 0.05) is 18.5 Å². The Hall–Kier alpha value is -1.91. The summed E-state index contributed by atoms with van der Waals surface area (Å²) in [5.41, 5.74) is -1.15. The minimum Gasteiger partial charge on any atom is -0.479 e. The molecule has 1 atom stereocenters. The van der Waals surface area contributed by atoms with E-state index in [9.17, 15) is 14.0 Å². The molecule has 0 aromatic heterocycles. The monoisotopic (exact) mass is 293 g/mol. The second-order valence-corrected chi connectivity index (χ2v) is 6.54. The lowest BCUT2D eigenvalue weighted by molar-refractivity contribution is -0.149. The Morgan fingerprint density at radius 3 is 2.43 bits per heavy atom. The number of amides is 1. The van der Waals surface area contributed by atoms with Crippen molar-refractivity contribution in [2.75, 3.05) is 13.1 Å². The van der Waals surface area contributed by atoms with Gasteiger partial charge in [-0.05, 0) is 17.0 Å². The normalized spacial score (nSPS) is 22.4. The Kier molecular flexibility index (Phi) is 3.78. The molecule has 1 amide bonds. The van der Waals surface area contributed by atoms with E-state index in [0.29, 0.717) is 5.56 Å². The van der Waals surface area contributed by atoms with E-state index in [0.717, 1.165) is 5.56 Å². The fourth-order valence-electron chi connectivity index (χ4n) is 2.61. The van der Waals surface area contributed by atoms with Crippen molar-refractivity contribution < 1.29 is 19.1 Å². The highest BCUT2D eigenvalue weighted by Crippen LogP contribution is 2.30. The Morgan fingerprint density at radius 2 is 1.90 bits per heavy atom. The van der Waals surface area contributed by atoms with Crippen molar-refractivity contribution in [3.8, 4) is 0 Å². The minimum atomic E-state index is -2.33. The molecule has 1 fully saturated rings. The maximum Gasteiger partial charge on any atom is 0.343 e. The largest absolute Gasteiger partial charge is 0.479 e. The maximum atomic E-state index is 14.1. The summed E-state index contributed by atoms with van der Waals surface area (Å²) in [5.74, 6) is -1.80. The van der Waals surface area contributed by atoms with Gasteiger partial charge in [0.15, 0.2) is 0 Å². The number of hydrogen-bond acceptors (Lipinski definition) is 2. The van der Waals surface area contributed by atoms with Crippen molar-refractivity contribution in [2.45, 2.75) is 38.3 Å². The first-order valence-electron chi connectivity index (χ1n) is 6.96. The molecule has 0 bridgehead atoms. The summed E-state index contributed by atoms with van der Waals surface area (Å²) in [5, 5.41) is 8.91. The molecule has 1 heterocycles. The Labute approximate surface area is 123 Å². The van der Waals surface area contributed by atoms with Crippen LogP contribution in [0.25, 0.3) is 0 Å². The molecule has 0 radical (unpaired) electrons. The van der Waals surface area contributed by atoms with Gasteiger partial charge < -0.3 is 10.0 Å². The lowest BCUT2D eigenvalue weighted by Crippen LogP contribution is -2.39. The number of carboxylic acids is 1. The standard InChI is InChI=1S/C16H20FNO3/c1-15(2,3)12-7-5-4-6-11(12)13(19)18-9-8-16(17,10-18)14(20)21/h4-7H,8-10H2,1-3H3,(H,20,21). The van der Waals surface area contributed by atoms with Gasteiger partial charge in [-0.25, -0.2) is 9.18 Å². The van der Waals surface area contributed by atoms with E-state index in [2.05, 4.69) is 0 Å². The molecule has 1 unspecified atom stereocenters. The van der Waals surface area contributed by atoms with Crippen molar-refractivity contribution >= 4 is 11.9 Å². The average molecular weight is 293 g/mol. The summed E-state index contributed by atoms with van der Waals surface area (Å²) in [6.45, 7) is 5.74. The number of carbonyl (C=O) groups is 2. The lowest BCUT2D eigenvalue weighted by atomic mass is 9.83. The Bertz CT molecular complexity index is 579. The van der Waals surface area contributed by atoms with Crippen LogP contribution < -0.4 is 0 Å². The molecule has 1 aliphatic heterocycles. The van der Waals surface area contributed by atoms with Crippen molar-refractivity contribution in [1.29, 1.82) is 0 Å². The number of benzene rings is 1. The fraction of sp³-hybridized carbons (Fsp3) is 0.500. The molecule has 1 N–H and O–H groups in total. The number of alkyl halides is 1. The fourth-order valence-corrected chi connectivity index (χ4v) is 2.61. The van der Waals surface area contributed by atoms with Gasteiger partial charge in [0.25, 0.3) is 5.91 Å². The minimum absolute atomic E-state index is 0.125. The highest BCUT2D eigenvalue weighted by atomic mass is 19.1. The summed E-state index contributed by atoms with van der Waals surface area (Å²) in [7, 11) is 0. The van der Waals surface area contributed by atoms with Crippen molar-refractivity contribution in [2.24, 2.45) is 0 Å². The predicted molar refractivity (Wildman–Crippen MR) is 77.1 cm³/mol. The summed E-state index contributed by atoms with van der Waals surface area (Å²) in [6, 6.07) is 7.21. The Balaban J connectivity index is 2.29. The number of halogens is 1. The summed E-state index contributed by atoms with van der Waals surface area (Å²) < 4.78 is 14.1. The van der Waals surface area contributed by atoms with Crippen molar-refractivity contribution in [1.82, 2.24) is 4.90 Å². The number of rotatable bonds is 2. The molecule has 114 valence electrons. The summed E-state index contributed by atoms with van der Waals surface area (Å²) >= 11 is 0. The van der Waals surface area contributed by atoms with Crippen LogP contribution in [0.15, 0.2) is 24.3 Å². The molecule has 0 aliphatic carbocycles. The molecule has 0 saturated carbocycles. The number of carbonyl (C=O) groups excluding carboxylic acids is 1. The van der Waals surface area contributed by atoms with Crippen LogP contribution in [0.2, 0.25) is 0 Å². The van der Waals surface area contributed by atoms with Crippen LogP contribution >= 0.6 is 0 Å². The quantitative estimate of drug-likeness (QED) is 0.912. The second-order valence-electron chi connectivity index (χ2n) is 6.54. The predicted octanol–water partition coefficient (Wildman–Crippen LogP) is 2.62. The van der Waals surface area contributed by atoms with Crippen molar-refractivity contribution in [3.05, 3.63) is 35.4 Å². The van der Waals surface area contributed by atoms with Crippen LogP contribution in [0, 0.1) is 0 Å². The number of likely N-dealkylation sites (tertiary alicyclic amines) is 1. The maximum absolute atomic E-state index is 14.1. The SMILES string of the molecule is CC(C)(C)c1ccccc1C(=O)N1CCC(F)(C(=O)O)C1. The zero-order chi connectivity index (χ0) is 15.8. The van der Waals surface area contributed by atoms with E-state index in [1.54, 1.807) is 12.1 Å². The zero-order valence-electron chi connectivity index (χ0n) is 12.5. The number of hydrogen-bond donors (Lipinski definition) is 1. The number of nitrogens with zero attached hydrogens (tertiary/aromatic N) is 1. The number of aliphatic carboxylic acids is 1. The molecule has 1 aliphatic rings. The molecule has 2 rings (SSSR count). The van der Waals surface area contributed by atoms with Gasteiger partial charge in [0.05, 0.1) is 6.54 Å². The van der Waals surface area contributed by atoms with E-state index in [-0.39, 0.29) is 30.8 Å². The van der Waals surface area contributed by atoms with Crippen LogP contribution in [-0.2, 0) is 10.2 Å². The average Bonchev–Trinajstić information content (AvgIpc) is 2.81. The summed E-state index contributed by atoms with van der Waals surface area (Å²) in [6.07, 6.45) is -0.161. The van der Waals surface area contributed by atoms with Crippen LogP contribution in [-0.4, -0.2) is 40.6 Å². The molecule has 5 heteroatoms. The highest BCUT2D eigenvalue weighted by molar-refractivity contribution is 5.97. The van der Waals surface area contributed by atoms with Crippen LogP contribution in [0.3, 0.4) is 0 Å². The molecule has 4 nitrogen and oxygen atoms in total. The number of carboxylic acid groups (broad SMARTS) is 1. The van der Waals surface area contributed by atoms with E-state index < -0.39 is 11.6 Å². The van der Waals surface area contributed by atoms with Gasteiger partial charge in [-0.2, -0.15) is 0 Å². The first-order chi connectivity index (χ1) is 9.65. The van der Waals surface area contributed by atoms with E-state index in [1.807, 2.05) is 32.9 Å². The van der Waals surface area contributed by atoms with Gasteiger partial charge in [-0.1, -0.05) is 39.0 Å². The first kappa shape index (κ1) is 15.5. The molecular weight excluding hydrogens is 273 g/mol. The second kappa shape index (κ2) is 5.13. The van der Waals surface area contributed by atoms with Gasteiger partial charge in [0.1, 0.15) is 0 Å². The van der Waals surface area contributed by atoms with Gasteiger partial charge in [-0.3, -0.25) is 4.79 Å². The zero-order valence-corrected chi connectivity index (χ0v) is 12.5.